The summed E-state index contributed by atoms with van der Waals surface area (Å²) >= 11 is 5.95. The Morgan fingerprint density at radius 2 is 1.34 bits per heavy atom. The summed E-state index contributed by atoms with van der Waals surface area (Å²) in [5, 5.41) is 0. The van der Waals surface area contributed by atoms with Crippen LogP contribution in [0.3, 0.4) is 0 Å². The molecule has 1 nitrogen and oxygen atoms in total. The van der Waals surface area contributed by atoms with E-state index in [-0.39, 0.29) is 11.7 Å². The lowest BCUT2D eigenvalue weighted by Gasteiger charge is -2.38. The second-order valence-electron chi connectivity index (χ2n) is 9.49. The maximum Gasteiger partial charge on any atom is 0.178 e. The maximum atomic E-state index is 12.7. The Kier molecular flexibility index (Phi) is 7.65. The third-order valence-electron chi connectivity index (χ3n) is 6.83. The van der Waals surface area contributed by atoms with Gasteiger partial charge in [-0.25, -0.2) is 0 Å². The van der Waals surface area contributed by atoms with Gasteiger partial charge in [-0.1, -0.05) is 102 Å². The van der Waals surface area contributed by atoms with Crippen LogP contribution in [0.15, 0.2) is 60.7 Å². The Morgan fingerprint density at radius 3 is 1.88 bits per heavy atom. The van der Waals surface area contributed by atoms with Gasteiger partial charge in [0.1, 0.15) is 8.07 Å². The molecule has 0 saturated carbocycles. The Balaban J connectivity index is 2.22. The molecule has 0 fully saturated rings. The molecule has 0 unspecified atom stereocenters. The van der Waals surface area contributed by atoms with E-state index in [1.807, 2.05) is 30.3 Å². The van der Waals surface area contributed by atoms with Crippen molar-refractivity contribution in [2.24, 2.45) is 0 Å². The molecule has 2 aliphatic rings. The summed E-state index contributed by atoms with van der Waals surface area (Å²) < 4.78 is 0. The first-order valence-electron chi connectivity index (χ1n) is 11.5. The second-order valence-corrected chi connectivity index (χ2v) is 15.3. The SMILES string of the molecule is CC(C)[Si](C#Cc1cc(C(=O)CCl)c2ccc(-c3ccccc3)ccc1-2)(C(C)C)C(C)C. The van der Waals surface area contributed by atoms with Gasteiger partial charge in [0.25, 0.3) is 0 Å². The minimum Gasteiger partial charge on any atom is -0.293 e. The first-order chi connectivity index (χ1) is 15.2. The van der Waals surface area contributed by atoms with Gasteiger partial charge in [0.05, 0.1) is 5.88 Å². The van der Waals surface area contributed by atoms with E-state index in [1.165, 1.54) is 0 Å². The molecule has 166 valence electrons. The van der Waals surface area contributed by atoms with E-state index < -0.39 is 8.07 Å². The lowest BCUT2D eigenvalue weighted by Crippen LogP contribution is -2.43. The number of halogens is 1. The number of benzene rings is 1. The fraction of sp³-hybridized carbons (Fsp3) is 0.345. The molecule has 0 spiro atoms. The first kappa shape index (κ1) is 24.3. The highest BCUT2D eigenvalue weighted by molar-refractivity contribution is 6.90. The number of hydrogen-bond donors (Lipinski definition) is 0. The van der Waals surface area contributed by atoms with Crippen molar-refractivity contribution < 1.29 is 4.79 Å². The molecule has 0 saturated heterocycles. The van der Waals surface area contributed by atoms with Crippen molar-refractivity contribution in [3.05, 3.63) is 71.8 Å². The molecule has 0 aromatic heterocycles. The van der Waals surface area contributed by atoms with Gasteiger partial charge in [-0.05, 0) is 44.9 Å². The average Bonchev–Trinajstić information content (AvgIpc) is 2.96. The zero-order valence-electron chi connectivity index (χ0n) is 20.0. The van der Waals surface area contributed by atoms with E-state index in [2.05, 4.69) is 83.3 Å². The summed E-state index contributed by atoms with van der Waals surface area (Å²) in [7, 11) is -1.88. The summed E-state index contributed by atoms with van der Waals surface area (Å²) in [4.78, 5) is 12.7. The molecule has 1 aromatic carbocycles. The van der Waals surface area contributed by atoms with Gasteiger partial charge in [0.2, 0.25) is 0 Å². The van der Waals surface area contributed by atoms with Crippen LogP contribution >= 0.6 is 11.6 Å². The molecule has 3 heteroatoms. The van der Waals surface area contributed by atoms with Crippen molar-refractivity contribution in [1.82, 2.24) is 0 Å². The minimum atomic E-state index is -1.88. The fourth-order valence-corrected chi connectivity index (χ4v) is 10.5. The van der Waals surface area contributed by atoms with E-state index in [9.17, 15) is 4.79 Å². The minimum absolute atomic E-state index is 0.0290. The van der Waals surface area contributed by atoms with Gasteiger partial charge in [0.15, 0.2) is 5.78 Å². The molecule has 0 atom stereocenters. The van der Waals surface area contributed by atoms with E-state index in [4.69, 9.17) is 11.6 Å². The number of fused-ring (bicyclic) bond motifs is 1. The van der Waals surface area contributed by atoms with Gasteiger partial charge >= 0.3 is 0 Å². The van der Waals surface area contributed by atoms with E-state index >= 15 is 0 Å². The van der Waals surface area contributed by atoms with Gasteiger partial charge in [-0.3, -0.25) is 4.79 Å². The Labute approximate surface area is 199 Å². The smallest absolute Gasteiger partial charge is 0.178 e. The van der Waals surface area contributed by atoms with E-state index in [0.717, 1.165) is 27.8 Å². The van der Waals surface area contributed by atoms with Gasteiger partial charge < -0.3 is 0 Å². The van der Waals surface area contributed by atoms with Crippen LogP contribution in [0.4, 0.5) is 0 Å². The molecule has 0 amide bonds. The molecule has 1 aromatic rings. The quantitative estimate of drug-likeness (QED) is 0.156. The predicted molar refractivity (Wildman–Crippen MR) is 141 cm³/mol. The fourth-order valence-electron chi connectivity index (χ4n) is 5.19. The summed E-state index contributed by atoms with van der Waals surface area (Å²) in [5.41, 5.74) is 11.3. The molecule has 0 heterocycles. The number of rotatable bonds is 6. The monoisotopic (exact) mass is 460 g/mol. The van der Waals surface area contributed by atoms with Crippen LogP contribution < -0.4 is 0 Å². The highest BCUT2D eigenvalue weighted by Crippen LogP contribution is 2.41. The molecule has 3 rings (SSSR count). The van der Waals surface area contributed by atoms with Crippen molar-refractivity contribution in [3.63, 3.8) is 0 Å². The van der Waals surface area contributed by atoms with Crippen molar-refractivity contribution in [1.29, 1.82) is 0 Å². The van der Waals surface area contributed by atoms with Gasteiger partial charge in [0, 0.05) is 11.1 Å². The van der Waals surface area contributed by atoms with Crippen LogP contribution in [0.1, 0.15) is 57.5 Å². The van der Waals surface area contributed by atoms with E-state index in [1.54, 1.807) is 0 Å². The number of alkyl halides is 1. The normalized spacial score (nSPS) is 11.8. The summed E-state index contributed by atoms with van der Waals surface area (Å²) in [6.07, 6.45) is 0. The lowest BCUT2D eigenvalue weighted by atomic mass is 10.1. The van der Waals surface area contributed by atoms with E-state index in [0.29, 0.717) is 22.2 Å². The van der Waals surface area contributed by atoms with Crippen LogP contribution in [0.2, 0.25) is 16.6 Å². The first-order valence-corrected chi connectivity index (χ1v) is 14.2. The van der Waals surface area contributed by atoms with Gasteiger partial charge in [-0.15, -0.1) is 17.1 Å². The number of carbonyl (C=O) groups excluding carboxylic acids is 1. The third-order valence-corrected chi connectivity index (χ3v) is 13.4. The molecule has 0 bridgehead atoms. The summed E-state index contributed by atoms with van der Waals surface area (Å²) in [6, 6.07) is 20.6. The number of ketones is 1. The van der Waals surface area contributed by atoms with Crippen LogP contribution in [0.25, 0.3) is 22.3 Å². The maximum absolute atomic E-state index is 12.7. The van der Waals surface area contributed by atoms with Crippen molar-refractivity contribution >= 4 is 25.5 Å². The molecule has 0 N–H and O–H groups in total. The lowest BCUT2D eigenvalue weighted by molar-refractivity contribution is 0.102. The highest BCUT2D eigenvalue weighted by atomic mass is 35.5. The highest BCUT2D eigenvalue weighted by Gasteiger charge is 2.41. The van der Waals surface area contributed by atoms with Crippen LogP contribution in [-0.2, 0) is 0 Å². The van der Waals surface area contributed by atoms with Crippen molar-refractivity contribution in [2.75, 3.05) is 5.88 Å². The van der Waals surface area contributed by atoms with Crippen LogP contribution in [0.5, 0.6) is 0 Å². The summed E-state index contributed by atoms with van der Waals surface area (Å²) in [6.45, 7) is 13.9. The molecule has 0 aliphatic heterocycles. The zero-order chi connectivity index (χ0) is 23.5. The topological polar surface area (TPSA) is 17.1 Å². The third kappa shape index (κ3) is 4.56. The van der Waals surface area contributed by atoms with Gasteiger partial charge in [-0.2, -0.15) is 0 Å². The van der Waals surface area contributed by atoms with Crippen molar-refractivity contribution in [2.45, 2.75) is 58.2 Å². The molecule has 32 heavy (non-hydrogen) atoms. The molecule has 2 aliphatic carbocycles. The Bertz CT molecular complexity index is 1100. The number of Topliss-reactive ketones (excluding diaryl/α,β-unsaturated/α-hetero) is 1. The molecular formula is C29H33ClOSi. The van der Waals surface area contributed by atoms with Crippen molar-refractivity contribution in [3.8, 4) is 33.7 Å². The largest absolute Gasteiger partial charge is 0.293 e. The predicted octanol–water partition coefficient (Wildman–Crippen LogP) is 8.45. The summed E-state index contributed by atoms with van der Waals surface area (Å²) in [5.74, 6) is 3.47. The zero-order valence-corrected chi connectivity index (χ0v) is 21.8. The second kappa shape index (κ2) is 10.1. The number of carbonyl (C=O) groups is 1. The Morgan fingerprint density at radius 1 is 0.812 bits per heavy atom. The van der Waals surface area contributed by atoms with Crippen LogP contribution in [-0.4, -0.2) is 19.7 Å². The number of hydrogen-bond acceptors (Lipinski definition) is 1. The average molecular weight is 461 g/mol. The molecule has 0 radical (unpaired) electrons. The van der Waals surface area contributed by atoms with Crippen LogP contribution in [0, 0.1) is 11.5 Å². The molecular weight excluding hydrogens is 428 g/mol. The Hall–Kier alpha value is -2.34. The standard InChI is InChI=1S/C29H33ClOSi/c1-20(2)32(21(3)4,22(5)6)17-16-25-18-28(29(31)19-30)27-15-13-24(12-14-26(25)27)23-10-8-7-9-11-23/h7-15,18,20-22H,19H2,1-6H3.